The Labute approximate surface area is 257 Å². The Morgan fingerprint density at radius 1 is 1.16 bits per heavy atom. The van der Waals surface area contributed by atoms with Crippen molar-refractivity contribution in [3.05, 3.63) is 89.0 Å². The van der Waals surface area contributed by atoms with E-state index in [4.69, 9.17) is 14.8 Å². The van der Waals surface area contributed by atoms with Crippen molar-refractivity contribution in [2.24, 2.45) is 0 Å². The molecule has 1 atom stereocenters. The second-order valence-corrected chi connectivity index (χ2v) is 11.7. The second-order valence-electron chi connectivity index (χ2n) is 10.8. The van der Waals surface area contributed by atoms with Gasteiger partial charge in [-0.15, -0.1) is 11.3 Å². The summed E-state index contributed by atoms with van der Waals surface area (Å²) < 4.78 is 38.2. The normalized spacial score (nSPS) is 16.0. The van der Waals surface area contributed by atoms with E-state index in [-0.39, 0.29) is 30.6 Å². The molecule has 2 aromatic carbocycles. The number of carbonyl (C=O) groups excluding carboxylic acids is 2. The molecule has 8 nitrogen and oxygen atoms in total. The molecule has 44 heavy (non-hydrogen) atoms. The largest absolute Gasteiger partial charge is 0.496 e. The van der Waals surface area contributed by atoms with E-state index < -0.39 is 11.6 Å². The SMILES string of the molecule is C=CC(=O)N1CCn2nc(-c3nc(-c4ccc5c(c4)CCNC5=O)c4ccsc4c3-c3c(F)cc(F)cc3OC)cc2C1C.[HH]. The predicted octanol–water partition coefficient (Wildman–Crippen LogP) is 6.40. The number of rotatable bonds is 5. The van der Waals surface area contributed by atoms with Crippen molar-refractivity contribution >= 4 is 33.2 Å². The Hall–Kier alpha value is -4.90. The number of hydrogen-bond acceptors (Lipinski definition) is 6. The van der Waals surface area contributed by atoms with Gasteiger partial charge >= 0.3 is 0 Å². The first kappa shape index (κ1) is 27.9. The number of nitrogens with one attached hydrogen (secondary N) is 1. The van der Waals surface area contributed by atoms with Crippen molar-refractivity contribution < 1.29 is 24.5 Å². The topological polar surface area (TPSA) is 89.4 Å². The predicted molar refractivity (Wildman–Crippen MR) is 167 cm³/mol. The monoisotopic (exact) mass is 613 g/mol. The zero-order valence-electron chi connectivity index (χ0n) is 24.0. The van der Waals surface area contributed by atoms with Crippen molar-refractivity contribution in [2.45, 2.75) is 25.9 Å². The van der Waals surface area contributed by atoms with Crippen LogP contribution in [-0.4, -0.2) is 51.7 Å². The maximum atomic E-state index is 15.8. The van der Waals surface area contributed by atoms with Gasteiger partial charge in [-0.25, -0.2) is 13.8 Å². The Kier molecular flexibility index (Phi) is 6.77. The van der Waals surface area contributed by atoms with Gasteiger partial charge in [-0.05, 0) is 54.6 Å². The summed E-state index contributed by atoms with van der Waals surface area (Å²) in [5.41, 5.74) is 5.21. The molecule has 5 aromatic rings. The number of methoxy groups -OCH3 is 1. The number of ether oxygens (including phenoxy) is 1. The number of nitrogens with zero attached hydrogens (tertiary/aromatic N) is 4. The highest BCUT2D eigenvalue weighted by Crippen LogP contribution is 2.47. The van der Waals surface area contributed by atoms with Gasteiger partial charge in [0, 0.05) is 53.4 Å². The van der Waals surface area contributed by atoms with Crippen LogP contribution in [0.5, 0.6) is 5.75 Å². The summed E-state index contributed by atoms with van der Waals surface area (Å²) in [4.78, 5) is 31.8. The molecular weight excluding hydrogens is 584 g/mol. The second kappa shape index (κ2) is 10.7. The molecular formula is C33H29F2N5O3S. The van der Waals surface area contributed by atoms with E-state index in [1.807, 2.05) is 41.3 Å². The van der Waals surface area contributed by atoms with Gasteiger partial charge < -0.3 is 15.0 Å². The van der Waals surface area contributed by atoms with Crippen LogP contribution in [0.1, 0.15) is 36.0 Å². The molecule has 1 unspecified atom stereocenters. The van der Waals surface area contributed by atoms with Gasteiger partial charge in [-0.2, -0.15) is 5.10 Å². The average Bonchev–Trinajstić information content (AvgIpc) is 3.68. The minimum absolute atomic E-state index is 0. The standard InChI is InChI=1S/C33H27F2N5O3S.H2/c1-4-27(41)39-10-11-40-25(17(39)2)16-24(38-40)31-29(28-23(35)14-20(34)15-26(28)43-3)32-22(8-12-44-32)30(37-31)19-5-6-21-18(13-19)7-9-36-33(21)42;/h4-6,8,12-17H,1,7,9-11H2,2-3H3,(H,36,42);1H. The molecule has 7 rings (SSSR count). The third-order valence-electron chi connectivity index (χ3n) is 8.36. The van der Waals surface area contributed by atoms with Crippen LogP contribution >= 0.6 is 11.3 Å². The Balaban J connectivity index is 0.00000357. The van der Waals surface area contributed by atoms with E-state index in [1.165, 1.54) is 24.5 Å². The molecule has 2 amide bonds. The lowest BCUT2D eigenvalue weighted by Gasteiger charge is -2.33. The third kappa shape index (κ3) is 4.38. The fraction of sp³-hybridized carbons (Fsp3) is 0.212. The van der Waals surface area contributed by atoms with E-state index in [2.05, 4.69) is 11.9 Å². The maximum Gasteiger partial charge on any atom is 0.251 e. The molecule has 224 valence electrons. The zero-order chi connectivity index (χ0) is 30.7. The highest BCUT2D eigenvalue weighted by Gasteiger charge is 2.31. The molecule has 0 bridgehead atoms. The number of carbonyl (C=O) groups is 2. The fourth-order valence-corrected chi connectivity index (χ4v) is 7.18. The molecule has 0 aliphatic carbocycles. The third-order valence-corrected chi connectivity index (χ3v) is 9.29. The summed E-state index contributed by atoms with van der Waals surface area (Å²) in [6, 6.07) is 11.2. The molecule has 0 radical (unpaired) electrons. The minimum Gasteiger partial charge on any atom is -0.496 e. The molecule has 11 heteroatoms. The van der Waals surface area contributed by atoms with Crippen LogP contribution in [0.2, 0.25) is 0 Å². The van der Waals surface area contributed by atoms with Gasteiger partial charge in [0.05, 0.1) is 36.6 Å². The lowest BCUT2D eigenvalue weighted by atomic mass is 9.93. The molecule has 1 N–H and O–H groups in total. The first-order chi connectivity index (χ1) is 21.3. The van der Waals surface area contributed by atoms with Crippen LogP contribution in [-0.2, 0) is 17.8 Å². The van der Waals surface area contributed by atoms with Crippen molar-refractivity contribution in [3.8, 4) is 39.5 Å². The van der Waals surface area contributed by atoms with E-state index in [0.29, 0.717) is 54.3 Å². The summed E-state index contributed by atoms with van der Waals surface area (Å²) in [5.74, 6) is -1.79. The number of fused-ring (bicyclic) bond motifs is 3. The van der Waals surface area contributed by atoms with Crippen LogP contribution in [0, 0.1) is 11.6 Å². The van der Waals surface area contributed by atoms with Gasteiger partial charge in [0.15, 0.2) is 0 Å². The van der Waals surface area contributed by atoms with Crippen molar-refractivity contribution in [1.82, 2.24) is 25.0 Å². The summed E-state index contributed by atoms with van der Waals surface area (Å²) in [7, 11) is 1.37. The summed E-state index contributed by atoms with van der Waals surface area (Å²) in [5, 5.41) is 10.4. The van der Waals surface area contributed by atoms with Crippen LogP contribution in [0.15, 0.2) is 60.5 Å². The molecule has 5 heterocycles. The number of benzene rings is 2. The van der Waals surface area contributed by atoms with Crippen LogP contribution in [0.25, 0.3) is 43.9 Å². The number of aromatic nitrogens is 3. The quantitative estimate of drug-likeness (QED) is 0.232. The van der Waals surface area contributed by atoms with E-state index in [1.54, 1.807) is 11.0 Å². The number of halogens is 2. The molecule has 0 saturated carbocycles. The summed E-state index contributed by atoms with van der Waals surface area (Å²) >= 11 is 1.41. The Bertz CT molecular complexity index is 2020. The zero-order valence-corrected chi connectivity index (χ0v) is 24.8. The van der Waals surface area contributed by atoms with Gasteiger partial charge in [0.1, 0.15) is 28.8 Å². The highest BCUT2D eigenvalue weighted by molar-refractivity contribution is 7.18. The molecule has 2 aliphatic rings. The van der Waals surface area contributed by atoms with Crippen molar-refractivity contribution in [2.75, 3.05) is 20.2 Å². The van der Waals surface area contributed by atoms with Gasteiger partial charge in [-0.3, -0.25) is 14.3 Å². The molecule has 2 aliphatic heterocycles. The number of thiophene rings is 1. The fourth-order valence-electron chi connectivity index (χ4n) is 6.23. The van der Waals surface area contributed by atoms with Crippen LogP contribution < -0.4 is 10.1 Å². The lowest BCUT2D eigenvalue weighted by molar-refractivity contribution is -0.129. The van der Waals surface area contributed by atoms with E-state index >= 15 is 4.39 Å². The van der Waals surface area contributed by atoms with Gasteiger partial charge in [-0.1, -0.05) is 12.6 Å². The average molecular weight is 614 g/mol. The summed E-state index contributed by atoms with van der Waals surface area (Å²) in [6.45, 7) is 7.02. The Morgan fingerprint density at radius 3 is 2.80 bits per heavy atom. The smallest absolute Gasteiger partial charge is 0.251 e. The first-order valence-corrected chi connectivity index (χ1v) is 15.0. The molecule has 0 spiro atoms. The Morgan fingerprint density at radius 2 is 2.00 bits per heavy atom. The maximum absolute atomic E-state index is 15.8. The first-order valence-electron chi connectivity index (χ1n) is 14.2. The number of hydrogen-bond donors (Lipinski definition) is 1. The lowest BCUT2D eigenvalue weighted by Crippen LogP contribution is -2.40. The number of pyridine rings is 1. The van der Waals surface area contributed by atoms with Gasteiger partial charge in [0.25, 0.3) is 5.91 Å². The van der Waals surface area contributed by atoms with E-state index in [0.717, 1.165) is 39.0 Å². The molecule has 0 saturated heterocycles. The van der Waals surface area contributed by atoms with Crippen LogP contribution in [0.4, 0.5) is 8.78 Å². The van der Waals surface area contributed by atoms with Gasteiger partial charge in [0.2, 0.25) is 5.91 Å². The molecule has 0 fully saturated rings. The number of amides is 2. The minimum atomic E-state index is -0.785. The highest BCUT2D eigenvalue weighted by atomic mass is 32.1. The van der Waals surface area contributed by atoms with Crippen LogP contribution in [0.3, 0.4) is 0 Å². The van der Waals surface area contributed by atoms with Crippen molar-refractivity contribution in [3.63, 3.8) is 0 Å². The van der Waals surface area contributed by atoms with Crippen molar-refractivity contribution in [1.29, 1.82) is 0 Å². The summed E-state index contributed by atoms with van der Waals surface area (Å²) in [6.07, 6.45) is 1.99. The van der Waals surface area contributed by atoms with E-state index in [9.17, 15) is 14.0 Å². The molecule has 3 aromatic heterocycles.